The minimum Gasteiger partial charge on any atom is -0.378 e. The summed E-state index contributed by atoms with van der Waals surface area (Å²) < 4.78 is 7.36. The first kappa shape index (κ1) is 13.1. The molecule has 1 unspecified atom stereocenters. The zero-order valence-corrected chi connectivity index (χ0v) is 10.9. The van der Waals surface area contributed by atoms with E-state index in [4.69, 9.17) is 4.74 Å². The van der Waals surface area contributed by atoms with Gasteiger partial charge in [-0.2, -0.15) is 0 Å². The number of hydrogen-bond donors (Lipinski definition) is 0. The highest BCUT2D eigenvalue weighted by Gasteiger charge is 2.16. The van der Waals surface area contributed by atoms with Crippen LogP contribution in [0.25, 0.3) is 0 Å². The third-order valence-electron chi connectivity index (χ3n) is 3.35. The number of amides is 1. The molecule has 2 heterocycles. The number of nitrogens with zero attached hydrogens (tertiary/aromatic N) is 3. The first-order valence-corrected chi connectivity index (χ1v) is 6.57. The Hall–Kier alpha value is -1.36. The maximum Gasteiger partial charge on any atom is 0.242 e. The maximum atomic E-state index is 11.9. The second kappa shape index (κ2) is 6.54. The lowest BCUT2D eigenvalue weighted by Crippen LogP contribution is -2.31. The standard InChI is InChI=1S/C13H21N3O2/c1-15(7-2-4-12-5-3-9-18-12)13(17)10-16-8-6-14-11-16/h6,8,11-12H,2-5,7,9-10H2,1H3. The van der Waals surface area contributed by atoms with Crippen LogP contribution in [0.1, 0.15) is 25.7 Å². The Morgan fingerprint density at radius 1 is 1.61 bits per heavy atom. The van der Waals surface area contributed by atoms with Gasteiger partial charge in [0.2, 0.25) is 5.91 Å². The number of ether oxygens (including phenoxy) is 1. The summed E-state index contributed by atoms with van der Waals surface area (Å²) in [6, 6.07) is 0. The van der Waals surface area contributed by atoms with Gasteiger partial charge in [0.25, 0.3) is 0 Å². The molecule has 0 saturated carbocycles. The van der Waals surface area contributed by atoms with Crippen LogP contribution in [-0.4, -0.2) is 46.7 Å². The van der Waals surface area contributed by atoms with Crippen molar-refractivity contribution < 1.29 is 9.53 Å². The predicted octanol–water partition coefficient (Wildman–Crippen LogP) is 1.30. The monoisotopic (exact) mass is 251 g/mol. The number of likely N-dealkylation sites (N-methyl/N-ethyl adjacent to an activating group) is 1. The van der Waals surface area contributed by atoms with Crippen LogP contribution in [0.2, 0.25) is 0 Å². The summed E-state index contributed by atoms with van der Waals surface area (Å²) in [6.45, 7) is 2.07. The van der Waals surface area contributed by atoms with Gasteiger partial charge in [0.15, 0.2) is 0 Å². The Kier molecular flexibility index (Phi) is 4.75. The molecule has 0 radical (unpaired) electrons. The van der Waals surface area contributed by atoms with E-state index in [1.807, 2.05) is 7.05 Å². The Labute approximate surface area is 108 Å². The molecule has 2 rings (SSSR count). The number of hydrogen-bond acceptors (Lipinski definition) is 3. The van der Waals surface area contributed by atoms with E-state index in [2.05, 4.69) is 4.98 Å². The van der Waals surface area contributed by atoms with Gasteiger partial charge in [0.05, 0.1) is 12.4 Å². The Morgan fingerprint density at radius 3 is 3.17 bits per heavy atom. The third kappa shape index (κ3) is 3.84. The van der Waals surface area contributed by atoms with E-state index in [0.717, 1.165) is 26.0 Å². The zero-order chi connectivity index (χ0) is 12.8. The third-order valence-corrected chi connectivity index (χ3v) is 3.35. The van der Waals surface area contributed by atoms with E-state index in [1.54, 1.807) is 28.2 Å². The number of carbonyl (C=O) groups is 1. The van der Waals surface area contributed by atoms with Gasteiger partial charge in [-0.15, -0.1) is 0 Å². The molecule has 1 aliphatic heterocycles. The molecule has 5 nitrogen and oxygen atoms in total. The average Bonchev–Trinajstić information content (AvgIpc) is 3.01. The smallest absolute Gasteiger partial charge is 0.242 e. The molecule has 1 amide bonds. The summed E-state index contributed by atoms with van der Waals surface area (Å²) in [6.07, 6.45) is 10.00. The molecule has 100 valence electrons. The fourth-order valence-electron chi connectivity index (χ4n) is 2.21. The van der Waals surface area contributed by atoms with E-state index in [-0.39, 0.29) is 5.91 Å². The summed E-state index contributed by atoms with van der Waals surface area (Å²) in [5.74, 6) is 0.125. The van der Waals surface area contributed by atoms with Crippen molar-refractivity contribution in [1.29, 1.82) is 0 Å². The first-order valence-electron chi connectivity index (χ1n) is 6.57. The van der Waals surface area contributed by atoms with Crippen molar-refractivity contribution in [1.82, 2.24) is 14.5 Å². The van der Waals surface area contributed by atoms with Gasteiger partial charge in [0, 0.05) is 32.6 Å². The molecule has 0 aliphatic carbocycles. The molecule has 5 heteroatoms. The van der Waals surface area contributed by atoms with E-state index < -0.39 is 0 Å². The highest BCUT2D eigenvalue weighted by atomic mass is 16.5. The van der Waals surface area contributed by atoms with Gasteiger partial charge in [-0.3, -0.25) is 4.79 Å². The lowest BCUT2D eigenvalue weighted by atomic mass is 10.1. The van der Waals surface area contributed by atoms with Crippen LogP contribution < -0.4 is 0 Å². The average molecular weight is 251 g/mol. The second-order valence-electron chi connectivity index (χ2n) is 4.83. The van der Waals surface area contributed by atoms with Crippen molar-refractivity contribution in [3.63, 3.8) is 0 Å². The van der Waals surface area contributed by atoms with E-state index in [9.17, 15) is 4.79 Å². The molecule has 0 aromatic carbocycles. The minimum atomic E-state index is 0.125. The van der Waals surface area contributed by atoms with Crippen molar-refractivity contribution in [2.45, 2.75) is 38.3 Å². The molecule has 1 saturated heterocycles. The van der Waals surface area contributed by atoms with Crippen LogP contribution in [0.3, 0.4) is 0 Å². The largest absolute Gasteiger partial charge is 0.378 e. The molecular weight excluding hydrogens is 230 g/mol. The van der Waals surface area contributed by atoms with E-state index >= 15 is 0 Å². The molecule has 0 bridgehead atoms. The zero-order valence-electron chi connectivity index (χ0n) is 10.9. The van der Waals surface area contributed by atoms with E-state index in [0.29, 0.717) is 12.6 Å². The van der Waals surface area contributed by atoms with Crippen LogP contribution in [-0.2, 0) is 16.1 Å². The Balaban J connectivity index is 1.64. The van der Waals surface area contributed by atoms with Crippen LogP contribution in [0.15, 0.2) is 18.7 Å². The van der Waals surface area contributed by atoms with Gasteiger partial charge in [-0.05, 0) is 25.7 Å². The topological polar surface area (TPSA) is 47.4 Å². The minimum absolute atomic E-state index is 0.125. The van der Waals surface area contributed by atoms with Gasteiger partial charge in [-0.25, -0.2) is 4.98 Å². The molecule has 1 aromatic heterocycles. The lowest BCUT2D eigenvalue weighted by molar-refractivity contribution is -0.130. The van der Waals surface area contributed by atoms with Crippen molar-refractivity contribution in [3.8, 4) is 0 Å². The lowest BCUT2D eigenvalue weighted by Gasteiger charge is -2.18. The Bertz CT molecular complexity index is 358. The van der Waals surface area contributed by atoms with Crippen molar-refractivity contribution in [2.75, 3.05) is 20.2 Å². The van der Waals surface area contributed by atoms with Gasteiger partial charge < -0.3 is 14.2 Å². The fraction of sp³-hybridized carbons (Fsp3) is 0.692. The van der Waals surface area contributed by atoms with E-state index in [1.165, 1.54) is 12.8 Å². The number of aromatic nitrogens is 2. The normalized spacial score (nSPS) is 19.1. The van der Waals surface area contributed by atoms with Crippen LogP contribution in [0, 0.1) is 0 Å². The quantitative estimate of drug-likeness (QED) is 0.765. The molecular formula is C13H21N3O2. The molecule has 1 aliphatic rings. The van der Waals surface area contributed by atoms with Gasteiger partial charge in [0.1, 0.15) is 6.54 Å². The Morgan fingerprint density at radius 2 is 2.50 bits per heavy atom. The van der Waals surface area contributed by atoms with Crippen molar-refractivity contribution in [3.05, 3.63) is 18.7 Å². The predicted molar refractivity (Wildman–Crippen MR) is 68.1 cm³/mol. The molecule has 0 spiro atoms. The molecule has 1 atom stereocenters. The highest BCUT2D eigenvalue weighted by Crippen LogP contribution is 2.16. The highest BCUT2D eigenvalue weighted by molar-refractivity contribution is 5.75. The van der Waals surface area contributed by atoms with Crippen LogP contribution in [0.4, 0.5) is 0 Å². The first-order chi connectivity index (χ1) is 8.75. The number of imidazole rings is 1. The van der Waals surface area contributed by atoms with Crippen molar-refractivity contribution >= 4 is 5.91 Å². The summed E-state index contributed by atoms with van der Waals surface area (Å²) in [5, 5.41) is 0. The summed E-state index contributed by atoms with van der Waals surface area (Å²) in [7, 11) is 1.86. The summed E-state index contributed by atoms with van der Waals surface area (Å²) in [5.41, 5.74) is 0. The number of rotatable bonds is 6. The molecule has 18 heavy (non-hydrogen) atoms. The van der Waals surface area contributed by atoms with Crippen molar-refractivity contribution in [2.24, 2.45) is 0 Å². The summed E-state index contributed by atoms with van der Waals surface area (Å²) >= 11 is 0. The van der Waals surface area contributed by atoms with Crippen LogP contribution >= 0.6 is 0 Å². The van der Waals surface area contributed by atoms with Crippen LogP contribution in [0.5, 0.6) is 0 Å². The number of carbonyl (C=O) groups excluding carboxylic acids is 1. The second-order valence-corrected chi connectivity index (χ2v) is 4.83. The molecule has 0 N–H and O–H groups in total. The molecule has 1 fully saturated rings. The van der Waals surface area contributed by atoms with Gasteiger partial charge in [-0.1, -0.05) is 0 Å². The van der Waals surface area contributed by atoms with Gasteiger partial charge >= 0.3 is 0 Å². The SMILES string of the molecule is CN(CCCC1CCCO1)C(=O)Cn1ccnc1. The summed E-state index contributed by atoms with van der Waals surface area (Å²) in [4.78, 5) is 17.6. The fourth-order valence-corrected chi connectivity index (χ4v) is 2.21. The molecule has 1 aromatic rings. The maximum absolute atomic E-state index is 11.9.